The highest BCUT2D eigenvalue weighted by atomic mass is 15.0. The molecule has 1 heterocycles. The van der Waals surface area contributed by atoms with Gasteiger partial charge in [-0.1, -0.05) is 97.1 Å². The first-order valence-corrected chi connectivity index (χ1v) is 11.0. The highest BCUT2D eigenvalue weighted by Crippen LogP contribution is 2.35. The zero-order valence-electron chi connectivity index (χ0n) is 18.0. The average molecular weight is 410 g/mol. The molecule has 0 saturated carbocycles. The third-order valence-electron chi connectivity index (χ3n) is 6.33. The van der Waals surface area contributed by atoms with Crippen LogP contribution in [0.1, 0.15) is 5.56 Å². The topological polar surface area (TPSA) is 4.93 Å². The first kappa shape index (κ1) is 18.7. The molecule has 0 spiro atoms. The molecule has 0 unspecified atom stereocenters. The molecule has 0 radical (unpaired) electrons. The summed E-state index contributed by atoms with van der Waals surface area (Å²) in [6.45, 7) is 2.20. The van der Waals surface area contributed by atoms with E-state index in [1.165, 1.54) is 55.3 Å². The van der Waals surface area contributed by atoms with Gasteiger partial charge >= 0.3 is 0 Å². The number of rotatable bonds is 3. The van der Waals surface area contributed by atoms with E-state index in [9.17, 15) is 0 Å². The van der Waals surface area contributed by atoms with Gasteiger partial charge in [-0.2, -0.15) is 0 Å². The Hall–Kier alpha value is -4.10. The highest BCUT2D eigenvalue weighted by Gasteiger charge is 2.13. The second kappa shape index (κ2) is 7.55. The third-order valence-corrected chi connectivity index (χ3v) is 6.33. The van der Waals surface area contributed by atoms with E-state index in [2.05, 4.69) is 133 Å². The molecule has 5 aromatic carbocycles. The standard InChI is InChI=1S/C31H23N/c1-22-20-24(16-18-27(22)23-10-4-2-5-11-23)25-17-19-29-28-14-8-9-15-30(28)32(31(29)21-25)26-12-6-3-7-13-26/h2-21H,1H3. The predicted molar refractivity (Wildman–Crippen MR) is 136 cm³/mol. The van der Waals surface area contributed by atoms with Crippen molar-refractivity contribution in [2.24, 2.45) is 0 Å². The molecule has 1 nitrogen and oxygen atoms in total. The summed E-state index contributed by atoms with van der Waals surface area (Å²) in [5.41, 5.74) is 9.98. The predicted octanol–water partition coefficient (Wildman–Crippen LogP) is 8.43. The van der Waals surface area contributed by atoms with Crippen LogP contribution < -0.4 is 0 Å². The number of aryl methyl sites for hydroxylation is 1. The maximum absolute atomic E-state index is 2.37. The van der Waals surface area contributed by atoms with E-state index in [1.807, 2.05) is 0 Å². The Morgan fingerprint density at radius 1 is 0.469 bits per heavy atom. The van der Waals surface area contributed by atoms with Crippen LogP contribution >= 0.6 is 0 Å². The minimum atomic E-state index is 1.19. The van der Waals surface area contributed by atoms with Crippen molar-refractivity contribution < 1.29 is 0 Å². The van der Waals surface area contributed by atoms with Crippen molar-refractivity contribution in [3.8, 4) is 27.9 Å². The molecule has 6 rings (SSSR count). The van der Waals surface area contributed by atoms with Crippen LogP contribution in [-0.4, -0.2) is 4.57 Å². The van der Waals surface area contributed by atoms with Gasteiger partial charge in [0.05, 0.1) is 11.0 Å². The Labute approximate surface area is 188 Å². The number of fused-ring (bicyclic) bond motifs is 3. The molecule has 0 saturated heterocycles. The molecule has 0 fully saturated rings. The Balaban J connectivity index is 1.55. The molecule has 6 aromatic rings. The minimum Gasteiger partial charge on any atom is -0.309 e. The van der Waals surface area contributed by atoms with Gasteiger partial charge in [0.1, 0.15) is 0 Å². The van der Waals surface area contributed by atoms with Gasteiger partial charge in [0.2, 0.25) is 0 Å². The highest BCUT2D eigenvalue weighted by molar-refractivity contribution is 6.10. The summed E-state index contributed by atoms with van der Waals surface area (Å²) in [7, 11) is 0. The van der Waals surface area contributed by atoms with Gasteiger partial charge in [0, 0.05) is 16.5 Å². The largest absolute Gasteiger partial charge is 0.309 e. The van der Waals surface area contributed by atoms with Gasteiger partial charge < -0.3 is 4.57 Å². The Morgan fingerprint density at radius 3 is 1.88 bits per heavy atom. The van der Waals surface area contributed by atoms with Crippen LogP contribution in [0.5, 0.6) is 0 Å². The third kappa shape index (κ3) is 3.02. The van der Waals surface area contributed by atoms with Crippen LogP contribution in [0.25, 0.3) is 49.7 Å². The van der Waals surface area contributed by atoms with Gasteiger partial charge in [-0.05, 0) is 59.0 Å². The van der Waals surface area contributed by atoms with Gasteiger partial charge in [0.15, 0.2) is 0 Å². The number of para-hydroxylation sites is 2. The van der Waals surface area contributed by atoms with Crippen LogP contribution in [0.15, 0.2) is 121 Å². The van der Waals surface area contributed by atoms with Crippen molar-refractivity contribution in [3.05, 3.63) is 127 Å². The number of nitrogens with zero attached hydrogens (tertiary/aromatic N) is 1. The van der Waals surface area contributed by atoms with E-state index < -0.39 is 0 Å². The lowest BCUT2D eigenvalue weighted by Crippen LogP contribution is -1.93. The SMILES string of the molecule is Cc1cc(-c2ccc3c4ccccc4n(-c4ccccc4)c3c2)ccc1-c1ccccc1. The second-order valence-electron chi connectivity index (χ2n) is 8.32. The summed E-state index contributed by atoms with van der Waals surface area (Å²) >= 11 is 0. The lowest BCUT2D eigenvalue weighted by Gasteiger charge is -2.11. The fourth-order valence-electron chi connectivity index (χ4n) is 4.79. The van der Waals surface area contributed by atoms with Crippen molar-refractivity contribution in [2.45, 2.75) is 6.92 Å². The Bertz CT molecular complexity index is 1560. The van der Waals surface area contributed by atoms with E-state index >= 15 is 0 Å². The van der Waals surface area contributed by atoms with Gasteiger partial charge in [0.25, 0.3) is 0 Å². The van der Waals surface area contributed by atoms with Crippen molar-refractivity contribution in [1.82, 2.24) is 4.57 Å². The molecule has 1 aromatic heterocycles. The minimum absolute atomic E-state index is 1.19. The van der Waals surface area contributed by atoms with E-state index in [-0.39, 0.29) is 0 Å². The fourth-order valence-corrected chi connectivity index (χ4v) is 4.79. The van der Waals surface area contributed by atoms with Crippen LogP contribution in [0, 0.1) is 6.92 Å². The van der Waals surface area contributed by atoms with E-state index in [4.69, 9.17) is 0 Å². The van der Waals surface area contributed by atoms with Gasteiger partial charge in [-0.25, -0.2) is 0 Å². The number of aromatic nitrogens is 1. The first-order chi connectivity index (χ1) is 15.8. The van der Waals surface area contributed by atoms with Crippen molar-refractivity contribution >= 4 is 21.8 Å². The van der Waals surface area contributed by atoms with E-state index in [1.54, 1.807) is 0 Å². The summed E-state index contributed by atoms with van der Waals surface area (Å²) in [4.78, 5) is 0. The molecule has 0 amide bonds. The van der Waals surface area contributed by atoms with E-state index in [0.29, 0.717) is 0 Å². The van der Waals surface area contributed by atoms with Crippen LogP contribution in [0.4, 0.5) is 0 Å². The lowest BCUT2D eigenvalue weighted by atomic mass is 9.95. The zero-order chi connectivity index (χ0) is 21.5. The maximum atomic E-state index is 2.37. The van der Waals surface area contributed by atoms with Crippen LogP contribution in [0.3, 0.4) is 0 Å². The molecule has 1 heteroatoms. The van der Waals surface area contributed by atoms with E-state index in [0.717, 1.165) is 0 Å². The smallest absolute Gasteiger partial charge is 0.0547 e. The second-order valence-corrected chi connectivity index (χ2v) is 8.32. The lowest BCUT2D eigenvalue weighted by molar-refractivity contribution is 1.18. The summed E-state index contributed by atoms with van der Waals surface area (Å²) in [6, 6.07) is 43.5. The van der Waals surface area contributed by atoms with Crippen molar-refractivity contribution in [3.63, 3.8) is 0 Å². The maximum Gasteiger partial charge on any atom is 0.0547 e. The van der Waals surface area contributed by atoms with Gasteiger partial charge in [-0.15, -0.1) is 0 Å². The summed E-state index contributed by atoms with van der Waals surface area (Å²) in [5.74, 6) is 0. The van der Waals surface area contributed by atoms with Crippen molar-refractivity contribution in [2.75, 3.05) is 0 Å². The van der Waals surface area contributed by atoms with Crippen LogP contribution in [-0.2, 0) is 0 Å². The first-order valence-electron chi connectivity index (χ1n) is 11.0. The molecule has 32 heavy (non-hydrogen) atoms. The molecular weight excluding hydrogens is 386 g/mol. The van der Waals surface area contributed by atoms with Crippen LogP contribution in [0.2, 0.25) is 0 Å². The molecule has 0 aliphatic heterocycles. The summed E-state index contributed by atoms with van der Waals surface area (Å²) < 4.78 is 2.37. The quantitative estimate of drug-likeness (QED) is 0.276. The summed E-state index contributed by atoms with van der Waals surface area (Å²) in [5, 5.41) is 2.57. The van der Waals surface area contributed by atoms with Crippen molar-refractivity contribution in [1.29, 1.82) is 0 Å². The molecule has 0 aliphatic carbocycles. The molecule has 0 atom stereocenters. The normalized spacial score (nSPS) is 11.3. The molecule has 0 N–H and O–H groups in total. The number of benzene rings is 5. The number of hydrogen-bond donors (Lipinski definition) is 0. The Morgan fingerprint density at radius 2 is 1.09 bits per heavy atom. The average Bonchev–Trinajstić information content (AvgIpc) is 3.19. The molecule has 152 valence electrons. The molecule has 0 bridgehead atoms. The monoisotopic (exact) mass is 409 g/mol. The summed E-state index contributed by atoms with van der Waals surface area (Å²) in [6.07, 6.45) is 0. The molecular formula is C31H23N. The Kier molecular flexibility index (Phi) is 4.40. The fraction of sp³-hybridized carbons (Fsp3) is 0.0323. The number of hydrogen-bond acceptors (Lipinski definition) is 0. The molecule has 0 aliphatic rings. The van der Waals surface area contributed by atoms with Gasteiger partial charge in [-0.3, -0.25) is 0 Å². The zero-order valence-corrected chi connectivity index (χ0v) is 18.0.